The van der Waals surface area contributed by atoms with Gasteiger partial charge in [-0.05, 0) is 25.7 Å². The Morgan fingerprint density at radius 2 is 1.93 bits per heavy atom. The molecule has 1 aromatic rings. The lowest BCUT2D eigenvalue weighted by Gasteiger charge is -2.22. The molecular weight excluding hydrogens is 186 g/mol. The minimum absolute atomic E-state index is 0.390. The van der Waals surface area contributed by atoms with Gasteiger partial charge in [0.15, 0.2) is 0 Å². The maximum atomic E-state index is 5.89. The molecule has 0 fully saturated rings. The van der Waals surface area contributed by atoms with E-state index in [4.69, 9.17) is 5.73 Å². The number of hydrogen-bond acceptors (Lipinski definition) is 2. The number of anilines is 1. The van der Waals surface area contributed by atoms with Crippen LogP contribution in [0.4, 0.5) is 5.69 Å². The van der Waals surface area contributed by atoms with Gasteiger partial charge in [-0.15, -0.1) is 0 Å². The van der Waals surface area contributed by atoms with E-state index in [1.54, 1.807) is 0 Å². The Morgan fingerprint density at radius 3 is 2.33 bits per heavy atom. The fourth-order valence-corrected chi connectivity index (χ4v) is 1.51. The lowest BCUT2D eigenvalue weighted by molar-refractivity contribution is 0.294. The molecule has 2 N–H and O–H groups in total. The van der Waals surface area contributed by atoms with Gasteiger partial charge in [-0.3, -0.25) is 4.68 Å². The molecule has 0 unspecified atom stereocenters. The number of rotatable bonds is 4. The summed E-state index contributed by atoms with van der Waals surface area (Å²) in [4.78, 5) is 0. The molecule has 0 amide bonds. The van der Waals surface area contributed by atoms with Crippen molar-refractivity contribution in [2.75, 3.05) is 5.73 Å². The second-order valence-corrected chi connectivity index (χ2v) is 5.08. The molecule has 0 aliphatic heterocycles. The van der Waals surface area contributed by atoms with Crippen molar-refractivity contribution < 1.29 is 0 Å². The number of nitrogen functional groups attached to an aromatic ring is 1. The van der Waals surface area contributed by atoms with Crippen LogP contribution in [0.1, 0.15) is 45.0 Å². The zero-order valence-corrected chi connectivity index (χ0v) is 10.6. The number of aromatic nitrogens is 2. The highest BCUT2D eigenvalue weighted by atomic mass is 15.3. The number of aryl methyl sites for hydroxylation is 2. The second-order valence-electron chi connectivity index (χ2n) is 5.08. The van der Waals surface area contributed by atoms with Crippen molar-refractivity contribution in [2.45, 2.75) is 54.0 Å². The third-order valence-corrected chi connectivity index (χ3v) is 3.39. The summed E-state index contributed by atoms with van der Waals surface area (Å²) in [7, 11) is 0. The quantitative estimate of drug-likeness (QED) is 0.828. The highest BCUT2D eigenvalue weighted by molar-refractivity contribution is 5.46. The van der Waals surface area contributed by atoms with E-state index in [9.17, 15) is 0 Å². The lowest BCUT2D eigenvalue weighted by Crippen LogP contribution is -2.15. The van der Waals surface area contributed by atoms with E-state index in [1.807, 2.05) is 18.5 Å². The third-order valence-electron chi connectivity index (χ3n) is 3.39. The van der Waals surface area contributed by atoms with Crippen LogP contribution in [0.3, 0.4) is 0 Å². The number of nitrogens with two attached hydrogens (primary N) is 1. The van der Waals surface area contributed by atoms with Crippen LogP contribution in [0.2, 0.25) is 0 Å². The molecule has 0 aliphatic carbocycles. The molecule has 15 heavy (non-hydrogen) atoms. The van der Waals surface area contributed by atoms with Gasteiger partial charge in [0.25, 0.3) is 0 Å². The van der Waals surface area contributed by atoms with Crippen LogP contribution < -0.4 is 5.73 Å². The smallest absolute Gasteiger partial charge is 0.0825 e. The summed E-state index contributed by atoms with van der Waals surface area (Å²) in [6.45, 7) is 11.8. The maximum absolute atomic E-state index is 5.89. The van der Waals surface area contributed by atoms with Gasteiger partial charge in [0.05, 0.1) is 17.1 Å². The summed E-state index contributed by atoms with van der Waals surface area (Å²) in [6, 6.07) is 0. The summed E-state index contributed by atoms with van der Waals surface area (Å²) >= 11 is 0. The van der Waals surface area contributed by atoms with E-state index < -0.39 is 0 Å². The van der Waals surface area contributed by atoms with Crippen LogP contribution in [0.15, 0.2) is 0 Å². The minimum Gasteiger partial charge on any atom is -0.396 e. The highest BCUT2D eigenvalue weighted by Crippen LogP contribution is 2.26. The summed E-state index contributed by atoms with van der Waals surface area (Å²) in [5.74, 6) is 0. The van der Waals surface area contributed by atoms with Gasteiger partial charge < -0.3 is 5.73 Å². The summed E-state index contributed by atoms with van der Waals surface area (Å²) < 4.78 is 2.03. The average Bonchev–Trinajstić information content (AvgIpc) is 2.43. The van der Waals surface area contributed by atoms with E-state index in [1.165, 1.54) is 6.42 Å². The molecule has 0 saturated heterocycles. The third kappa shape index (κ3) is 2.74. The maximum Gasteiger partial charge on any atom is 0.0825 e. The van der Waals surface area contributed by atoms with Crippen molar-refractivity contribution in [3.63, 3.8) is 0 Å². The van der Waals surface area contributed by atoms with E-state index in [0.29, 0.717) is 5.41 Å². The van der Waals surface area contributed by atoms with Crippen LogP contribution in [-0.4, -0.2) is 9.78 Å². The standard InChI is InChI=1S/C12H23N3/c1-6-12(4,5)7-8-15-10(3)11(13)9(2)14-15/h6-8,13H2,1-5H3. The SMILES string of the molecule is CCC(C)(C)CCn1nc(C)c(N)c1C. The molecule has 0 bridgehead atoms. The van der Waals surface area contributed by atoms with E-state index in [-0.39, 0.29) is 0 Å². The monoisotopic (exact) mass is 209 g/mol. The van der Waals surface area contributed by atoms with Crippen LogP contribution >= 0.6 is 0 Å². The molecule has 86 valence electrons. The van der Waals surface area contributed by atoms with E-state index in [0.717, 1.165) is 30.0 Å². The zero-order valence-electron chi connectivity index (χ0n) is 10.6. The fraction of sp³-hybridized carbons (Fsp3) is 0.750. The molecule has 0 atom stereocenters. The van der Waals surface area contributed by atoms with Crippen LogP contribution in [0, 0.1) is 19.3 Å². The van der Waals surface area contributed by atoms with E-state index in [2.05, 4.69) is 25.9 Å². The molecule has 0 aromatic carbocycles. The first-order valence-electron chi connectivity index (χ1n) is 5.67. The predicted octanol–water partition coefficient (Wildman–Crippen LogP) is 2.91. The normalized spacial score (nSPS) is 12.1. The molecule has 3 heteroatoms. The van der Waals surface area contributed by atoms with E-state index >= 15 is 0 Å². The van der Waals surface area contributed by atoms with Gasteiger partial charge in [0.2, 0.25) is 0 Å². The molecule has 1 heterocycles. The van der Waals surface area contributed by atoms with Gasteiger partial charge in [0.1, 0.15) is 0 Å². The minimum atomic E-state index is 0.390. The molecule has 3 nitrogen and oxygen atoms in total. The molecule has 0 spiro atoms. The van der Waals surface area contributed by atoms with Gasteiger partial charge in [-0.1, -0.05) is 27.2 Å². The Labute approximate surface area is 92.7 Å². The molecule has 0 aliphatic rings. The molecule has 1 rings (SSSR count). The summed E-state index contributed by atoms with van der Waals surface area (Å²) in [5.41, 5.74) is 9.16. The van der Waals surface area contributed by atoms with Crippen LogP contribution in [0.25, 0.3) is 0 Å². The van der Waals surface area contributed by atoms with Crippen molar-refractivity contribution in [2.24, 2.45) is 5.41 Å². The van der Waals surface area contributed by atoms with Crippen molar-refractivity contribution >= 4 is 5.69 Å². The molecule has 0 saturated carbocycles. The topological polar surface area (TPSA) is 43.8 Å². The Hall–Kier alpha value is -0.990. The first kappa shape index (κ1) is 12.1. The van der Waals surface area contributed by atoms with Crippen LogP contribution in [0.5, 0.6) is 0 Å². The number of hydrogen-bond donors (Lipinski definition) is 1. The van der Waals surface area contributed by atoms with Crippen molar-refractivity contribution in [3.05, 3.63) is 11.4 Å². The van der Waals surface area contributed by atoms with Gasteiger partial charge >= 0.3 is 0 Å². The first-order chi connectivity index (χ1) is 6.87. The molecule has 1 aromatic heterocycles. The van der Waals surface area contributed by atoms with Gasteiger partial charge in [-0.2, -0.15) is 5.10 Å². The summed E-state index contributed by atoms with van der Waals surface area (Å²) in [5, 5.41) is 4.44. The van der Waals surface area contributed by atoms with Gasteiger partial charge in [0, 0.05) is 6.54 Å². The number of nitrogens with zero attached hydrogens (tertiary/aromatic N) is 2. The molecule has 0 radical (unpaired) electrons. The highest BCUT2D eigenvalue weighted by Gasteiger charge is 2.16. The lowest BCUT2D eigenvalue weighted by atomic mass is 9.86. The van der Waals surface area contributed by atoms with Crippen molar-refractivity contribution in [1.82, 2.24) is 9.78 Å². The fourth-order valence-electron chi connectivity index (χ4n) is 1.51. The Morgan fingerprint density at radius 1 is 1.33 bits per heavy atom. The Kier molecular flexibility index (Phi) is 3.42. The zero-order chi connectivity index (χ0) is 11.6. The Balaban J connectivity index is 2.70. The summed E-state index contributed by atoms with van der Waals surface area (Å²) in [6.07, 6.45) is 2.34. The molecular formula is C12H23N3. The predicted molar refractivity (Wildman–Crippen MR) is 64.8 cm³/mol. The average molecular weight is 209 g/mol. The van der Waals surface area contributed by atoms with Gasteiger partial charge in [-0.25, -0.2) is 0 Å². The first-order valence-corrected chi connectivity index (χ1v) is 5.67. The van der Waals surface area contributed by atoms with Crippen molar-refractivity contribution in [1.29, 1.82) is 0 Å². The largest absolute Gasteiger partial charge is 0.396 e. The van der Waals surface area contributed by atoms with Crippen molar-refractivity contribution in [3.8, 4) is 0 Å². The van der Waals surface area contributed by atoms with Crippen LogP contribution in [-0.2, 0) is 6.54 Å². The second kappa shape index (κ2) is 4.25. The Bertz CT molecular complexity index is 337.